The minimum Gasteiger partial charge on any atom is -0.345 e. The molecule has 4 aromatic rings. The Kier molecular flexibility index (Phi) is 6.33. The molecule has 1 aliphatic carbocycles. The molecular formula is C28H26FN3O4S. The van der Waals surface area contributed by atoms with E-state index in [1.165, 1.54) is 24.3 Å². The van der Waals surface area contributed by atoms with Gasteiger partial charge in [-0.3, -0.25) is 9.59 Å². The normalized spacial score (nSPS) is 14.6. The summed E-state index contributed by atoms with van der Waals surface area (Å²) in [7, 11) is -3.42. The molecule has 190 valence electrons. The number of benzene rings is 3. The summed E-state index contributed by atoms with van der Waals surface area (Å²) in [5, 5.41) is 6.44. The van der Waals surface area contributed by atoms with Crippen LogP contribution in [0.1, 0.15) is 35.2 Å². The lowest BCUT2D eigenvalue weighted by atomic mass is 9.71. The van der Waals surface area contributed by atoms with Crippen molar-refractivity contribution in [2.24, 2.45) is 0 Å². The molecule has 1 aromatic heterocycles. The van der Waals surface area contributed by atoms with Crippen molar-refractivity contribution in [1.29, 1.82) is 0 Å². The van der Waals surface area contributed by atoms with Gasteiger partial charge in [0.15, 0.2) is 9.84 Å². The van der Waals surface area contributed by atoms with Crippen LogP contribution in [-0.4, -0.2) is 31.1 Å². The maximum Gasteiger partial charge on any atom is 0.255 e. The molecule has 0 spiro atoms. The van der Waals surface area contributed by atoms with Gasteiger partial charge in [0, 0.05) is 29.1 Å². The van der Waals surface area contributed by atoms with Gasteiger partial charge in [0.25, 0.3) is 5.91 Å². The average molecular weight is 520 g/mol. The molecule has 5 rings (SSSR count). The smallest absolute Gasteiger partial charge is 0.255 e. The number of sulfone groups is 1. The molecule has 37 heavy (non-hydrogen) atoms. The van der Waals surface area contributed by atoms with E-state index >= 15 is 0 Å². The second-order valence-corrected chi connectivity index (χ2v) is 11.4. The molecule has 3 aromatic carbocycles. The van der Waals surface area contributed by atoms with Crippen LogP contribution in [0.3, 0.4) is 0 Å². The number of anilines is 1. The molecular weight excluding hydrogens is 493 g/mol. The first-order chi connectivity index (χ1) is 17.6. The Hall–Kier alpha value is -3.98. The summed E-state index contributed by atoms with van der Waals surface area (Å²) in [6.07, 6.45) is 5.38. The number of nitrogens with zero attached hydrogens (tertiary/aromatic N) is 1. The van der Waals surface area contributed by atoms with Crippen LogP contribution in [0, 0.1) is 5.82 Å². The SMILES string of the molecule is CS(=O)(=O)c1cccc(C(=O)Nc2ccc(C3(NC(=O)Cn4ccc5c(F)cccc54)CCC3)cc2)c1. The largest absolute Gasteiger partial charge is 0.345 e. The highest BCUT2D eigenvalue weighted by Crippen LogP contribution is 2.41. The van der Waals surface area contributed by atoms with Crippen molar-refractivity contribution >= 4 is 38.2 Å². The molecule has 0 saturated heterocycles. The molecule has 7 nitrogen and oxygen atoms in total. The van der Waals surface area contributed by atoms with Crippen molar-refractivity contribution < 1.29 is 22.4 Å². The second kappa shape index (κ2) is 9.48. The van der Waals surface area contributed by atoms with Gasteiger partial charge in [-0.2, -0.15) is 0 Å². The van der Waals surface area contributed by atoms with Gasteiger partial charge in [0.1, 0.15) is 12.4 Å². The third-order valence-electron chi connectivity index (χ3n) is 6.88. The fourth-order valence-corrected chi connectivity index (χ4v) is 5.41. The first-order valence-corrected chi connectivity index (χ1v) is 13.8. The van der Waals surface area contributed by atoms with E-state index in [4.69, 9.17) is 0 Å². The van der Waals surface area contributed by atoms with Crippen LogP contribution in [0.4, 0.5) is 10.1 Å². The van der Waals surface area contributed by atoms with Crippen molar-refractivity contribution in [1.82, 2.24) is 9.88 Å². The monoisotopic (exact) mass is 519 g/mol. The van der Waals surface area contributed by atoms with Crippen molar-refractivity contribution in [2.75, 3.05) is 11.6 Å². The number of carbonyl (C=O) groups excluding carboxylic acids is 2. The molecule has 1 saturated carbocycles. The molecule has 2 N–H and O–H groups in total. The van der Waals surface area contributed by atoms with Crippen molar-refractivity contribution in [3.63, 3.8) is 0 Å². The van der Waals surface area contributed by atoms with Crippen molar-refractivity contribution in [2.45, 2.75) is 36.2 Å². The maximum absolute atomic E-state index is 14.0. The van der Waals surface area contributed by atoms with Gasteiger partial charge in [-0.05, 0) is 73.4 Å². The highest BCUT2D eigenvalue weighted by atomic mass is 32.2. The van der Waals surface area contributed by atoms with Crippen LogP contribution in [0.5, 0.6) is 0 Å². The van der Waals surface area contributed by atoms with Crippen LogP contribution < -0.4 is 10.6 Å². The van der Waals surface area contributed by atoms with Gasteiger partial charge in [-0.15, -0.1) is 0 Å². The van der Waals surface area contributed by atoms with Crippen LogP contribution >= 0.6 is 0 Å². The molecule has 1 fully saturated rings. The number of carbonyl (C=O) groups is 2. The number of hydrogen-bond donors (Lipinski definition) is 2. The maximum atomic E-state index is 14.0. The highest BCUT2D eigenvalue weighted by Gasteiger charge is 2.40. The Morgan fingerprint density at radius 2 is 1.73 bits per heavy atom. The average Bonchev–Trinajstić information content (AvgIpc) is 3.25. The Balaban J connectivity index is 1.27. The van der Waals surface area contributed by atoms with E-state index in [1.54, 1.807) is 47.2 Å². The van der Waals surface area contributed by atoms with Gasteiger partial charge in [0.05, 0.1) is 16.0 Å². The van der Waals surface area contributed by atoms with E-state index in [0.717, 1.165) is 31.1 Å². The molecule has 2 amide bonds. The number of halogens is 1. The third kappa shape index (κ3) is 4.99. The summed E-state index contributed by atoms with van der Waals surface area (Å²) in [6, 6.07) is 19.7. The summed E-state index contributed by atoms with van der Waals surface area (Å²) < 4.78 is 39.3. The number of fused-ring (bicyclic) bond motifs is 1. The fourth-order valence-electron chi connectivity index (χ4n) is 4.74. The Labute approximate surface area is 214 Å². The first-order valence-electron chi connectivity index (χ1n) is 11.9. The van der Waals surface area contributed by atoms with E-state index in [-0.39, 0.29) is 28.7 Å². The predicted octanol–water partition coefficient (Wildman–Crippen LogP) is 4.63. The lowest BCUT2D eigenvalue weighted by molar-refractivity contribution is -0.124. The lowest BCUT2D eigenvalue weighted by Gasteiger charge is -2.43. The van der Waals surface area contributed by atoms with E-state index in [1.807, 2.05) is 12.1 Å². The molecule has 0 atom stereocenters. The standard InChI is InChI=1S/C28H26FN3O4S/c1-37(35,36)22-6-2-5-19(17-22)27(34)30-21-11-9-20(10-12-21)28(14-4-15-28)31-26(33)18-32-16-13-23-24(29)7-3-8-25(23)32/h2-3,5-13,16-17H,4,14-15,18H2,1H3,(H,30,34)(H,31,33). The summed E-state index contributed by atoms with van der Waals surface area (Å²) in [5.41, 5.74) is 1.91. The minimum absolute atomic E-state index is 0.0788. The predicted molar refractivity (Wildman–Crippen MR) is 140 cm³/mol. The zero-order valence-corrected chi connectivity index (χ0v) is 21.0. The van der Waals surface area contributed by atoms with E-state index in [0.29, 0.717) is 16.6 Å². The topological polar surface area (TPSA) is 97.3 Å². The Bertz CT molecular complexity index is 1610. The third-order valence-corrected chi connectivity index (χ3v) is 7.99. The number of amides is 2. The van der Waals surface area contributed by atoms with Crippen LogP contribution in [0.15, 0.2) is 83.9 Å². The van der Waals surface area contributed by atoms with E-state index in [9.17, 15) is 22.4 Å². The van der Waals surface area contributed by atoms with Gasteiger partial charge in [0.2, 0.25) is 5.91 Å². The lowest BCUT2D eigenvalue weighted by Crippen LogP contribution is -2.51. The van der Waals surface area contributed by atoms with Crippen LogP contribution in [0.25, 0.3) is 10.9 Å². The zero-order chi connectivity index (χ0) is 26.2. The zero-order valence-electron chi connectivity index (χ0n) is 20.2. The second-order valence-electron chi connectivity index (χ2n) is 9.43. The van der Waals surface area contributed by atoms with Crippen molar-refractivity contribution in [3.05, 3.63) is 95.9 Å². The quantitative estimate of drug-likeness (QED) is 0.372. The number of rotatable bonds is 7. The summed E-state index contributed by atoms with van der Waals surface area (Å²) >= 11 is 0. The van der Waals surface area contributed by atoms with Crippen LogP contribution in [-0.2, 0) is 26.7 Å². The Morgan fingerprint density at radius 3 is 2.41 bits per heavy atom. The summed E-state index contributed by atoms with van der Waals surface area (Å²) in [4.78, 5) is 25.7. The highest BCUT2D eigenvalue weighted by molar-refractivity contribution is 7.90. The van der Waals surface area contributed by atoms with Gasteiger partial charge >= 0.3 is 0 Å². The summed E-state index contributed by atoms with van der Waals surface area (Å²) in [5.74, 6) is -0.896. The molecule has 0 unspecified atom stereocenters. The van der Waals surface area contributed by atoms with Gasteiger partial charge in [-0.1, -0.05) is 24.3 Å². The molecule has 1 aliphatic rings. The van der Waals surface area contributed by atoms with Crippen molar-refractivity contribution in [3.8, 4) is 0 Å². The fraction of sp³-hybridized carbons (Fsp3) is 0.214. The van der Waals surface area contributed by atoms with E-state index < -0.39 is 21.3 Å². The molecule has 0 bridgehead atoms. The molecule has 1 heterocycles. The Morgan fingerprint density at radius 1 is 1.00 bits per heavy atom. The number of hydrogen-bond acceptors (Lipinski definition) is 4. The molecule has 0 radical (unpaired) electrons. The number of aromatic nitrogens is 1. The van der Waals surface area contributed by atoms with Gasteiger partial charge < -0.3 is 15.2 Å². The minimum atomic E-state index is -3.42. The first kappa shape index (κ1) is 24.7. The van der Waals surface area contributed by atoms with Crippen LogP contribution in [0.2, 0.25) is 0 Å². The van der Waals surface area contributed by atoms with Gasteiger partial charge in [-0.25, -0.2) is 12.8 Å². The van der Waals surface area contributed by atoms with E-state index in [2.05, 4.69) is 10.6 Å². The molecule has 0 aliphatic heterocycles. The number of nitrogens with one attached hydrogen (secondary N) is 2. The molecule has 9 heteroatoms. The summed E-state index contributed by atoms with van der Waals surface area (Å²) in [6.45, 7) is 0.0788.